The van der Waals surface area contributed by atoms with Crippen LogP contribution in [-0.4, -0.2) is 48.7 Å². The van der Waals surface area contributed by atoms with Gasteiger partial charge in [0.1, 0.15) is 12.4 Å². The minimum absolute atomic E-state index is 0.0573. The maximum atomic E-state index is 11.7. The van der Waals surface area contributed by atoms with E-state index < -0.39 is 28.1 Å². The van der Waals surface area contributed by atoms with Crippen LogP contribution in [0, 0.1) is 0 Å². The monoisotopic (exact) mass is 386 g/mol. The highest BCUT2D eigenvalue weighted by Crippen LogP contribution is 2.47. The molecule has 0 fully saturated rings. The van der Waals surface area contributed by atoms with Crippen molar-refractivity contribution in [3.8, 4) is 5.75 Å². The van der Waals surface area contributed by atoms with Crippen LogP contribution >= 0.6 is 11.0 Å². The van der Waals surface area contributed by atoms with E-state index in [1.807, 2.05) is 20.8 Å². The number of nitrogens with two attached hydrogens (primary N) is 1. The van der Waals surface area contributed by atoms with Crippen molar-refractivity contribution in [2.75, 3.05) is 11.3 Å². The molecule has 1 aromatic rings. The Kier molecular flexibility index (Phi) is 5.06. The molecule has 1 aliphatic rings. The van der Waals surface area contributed by atoms with Crippen LogP contribution in [0.4, 0.5) is 10.5 Å². The van der Waals surface area contributed by atoms with Crippen molar-refractivity contribution in [2.24, 2.45) is 10.1 Å². The Morgan fingerprint density at radius 1 is 1.31 bits per heavy atom. The summed E-state index contributed by atoms with van der Waals surface area (Å²) < 4.78 is 31.5. The number of hydrogen-bond acceptors (Lipinski definition) is 7. The van der Waals surface area contributed by atoms with Crippen molar-refractivity contribution < 1.29 is 23.7 Å². The van der Waals surface area contributed by atoms with Crippen LogP contribution in [0.2, 0.25) is 0 Å². The molecule has 0 aromatic heterocycles. The standard InChI is InChI=1S/C16H26N4O5S/c1-15(2,3)20(14(21)22)16(4,5)9-25-11-8-6-7-10-12(11)13(17)19-26(23,24)18-10/h6-8,18,23-24H,9H2,1-5H3,(H2,17,19)(H,21,22). The normalized spacial score (nSPS) is 17.4. The van der Waals surface area contributed by atoms with E-state index in [1.165, 1.54) is 4.90 Å². The summed E-state index contributed by atoms with van der Waals surface area (Å²) in [5, 5.41) is 9.60. The first-order valence-corrected chi connectivity index (χ1v) is 9.46. The van der Waals surface area contributed by atoms with E-state index in [0.29, 0.717) is 17.0 Å². The predicted molar refractivity (Wildman–Crippen MR) is 103 cm³/mol. The first kappa shape index (κ1) is 20.1. The zero-order valence-corrected chi connectivity index (χ0v) is 16.3. The Balaban J connectivity index is 2.30. The lowest BCUT2D eigenvalue weighted by atomic mass is 9.96. The molecule has 2 rings (SSSR count). The van der Waals surface area contributed by atoms with Gasteiger partial charge < -0.3 is 15.6 Å². The van der Waals surface area contributed by atoms with Gasteiger partial charge >= 0.3 is 6.09 Å². The molecule has 0 unspecified atom stereocenters. The van der Waals surface area contributed by atoms with Crippen molar-refractivity contribution in [3.05, 3.63) is 23.8 Å². The predicted octanol–water partition coefficient (Wildman–Crippen LogP) is 3.33. The van der Waals surface area contributed by atoms with Gasteiger partial charge in [0.25, 0.3) is 0 Å². The summed E-state index contributed by atoms with van der Waals surface area (Å²) >= 11 is 0. The lowest BCUT2D eigenvalue weighted by Gasteiger charge is -2.45. The maximum Gasteiger partial charge on any atom is 0.408 e. The van der Waals surface area contributed by atoms with Crippen molar-refractivity contribution in [2.45, 2.75) is 45.7 Å². The number of anilines is 1. The van der Waals surface area contributed by atoms with E-state index >= 15 is 0 Å². The minimum atomic E-state index is -3.38. The Morgan fingerprint density at radius 2 is 1.92 bits per heavy atom. The van der Waals surface area contributed by atoms with Crippen molar-refractivity contribution >= 4 is 28.6 Å². The quantitative estimate of drug-likeness (QED) is 0.534. The van der Waals surface area contributed by atoms with Gasteiger partial charge in [-0.3, -0.25) is 18.7 Å². The molecular weight excluding hydrogens is 360 g/mol. The second-order valence-electron chi connectivity index (χ2n) is 7.67. The highest BCUT2D eigenvalue weighted by molar-refractivity contribution is 8.24. The molecular formula is C16H26N4O5S. The molecule has 146 valence electrons. The van der Waals surface area contributed by atoms with Crippen LogP contribution in [0.25, 0.3) is 0 Å². The molecule has 1 heterocycles. The zero-order valence-electron chi connectivity index (χ0n) is 15.5. The number of ether oxygens (including phenoxy) is 1. The van der Waals surface area contributed by atoms with Gasteiger partial charge in [0.2, 0.25) is 0 Å². The number of rotatable bonds is 4. The van der Waals surface area contributed by atoms with Crippen LogP contribution in [-0.2, 0) is 0 Å². The van der Waals surface area contributed by atoms with Gasteiger partial charge in [0.05, 0.1) is 16.8 Å². The molecule has 9 nitrogen and oxygen atoms in total. The first-order valence-electron chi connectivity index (χ1n) is 7.95. The maximum absolute atomic E-state index is 11.7. The van der Waals surface area contributed by atoms with Crippen LogP contribution in [0.5, 0.6) is 5.75 Å². The van der Waals surface area contributed by atoms with E-state index in [2.05, 4.69) is 9.12 Å². The highest BCUT2D eigenvalue weighted by Gasteiger charge is 2.39. The van der Waals surface area contributed by atoms with Crippen molar-refractivity contribution in [1.82, 2.24) is 4.90 Å². The average Bonchev–Trinajstić information content (AvgIpc) is 2.40. The molecule has 0 atom stereocenters. The number of nitrogens with zero attached hydrogens (tertiary/aromatic N) is 2. The fraction of sp³-hybridized carbons (Fsp3) is 0.500. The number of fused-ring (bicyclic) bond motifs is 1. The van der Waals surface area contributed by atoms with Gasteiger partial charge in [-0.2, -0.15) is 0 Å². The second kappa shape index (κ2) is 6.53. The summed E-state index contributed by atoms with van der Waals surface area (Å²) in [7, 11) is -3.38. The smallest absolute Gasteiger partial charge is 0.408 e. The summed E-state index contributed by atoms with van der Waals surface area (Å²) in [5.74, 6) is 0.316. The summed E-state index contributed by atoms with van der Waals surface area (Å²) in [5.41, 5.74) is 5.22. The third-order valence-electron chi connectivity index (χ3n) is 3.80. The van der Waals surface area contributed by atoms with E-state index in [0.717, 1.165) is 0 Å². The zero-order chi connectivity index (χ0) is 19.9. The van der Waals surface area contributed by atoms with E-state index in [9.17, 15) is 19.0 Å². The molecule has 1 amide bonds. The molecule has 0 bridgehead atoms. The fourth-order valence-electron chi connectivity index (χ4n) is 3.13. The summed E-state index contributed by atoms with van der Waals surface area (Å²) in [6.45, 7) is 9.05. The van der Waals surface area contributed by atoms with Gasteiger partial charge in [-0.15, -0.1) is 4.40 Å². The van der Waals surface area contributed by atoms with Gasteiger partial charge in [-0.1, -0.05) is 6.07 Å². The van der Waals surface area contributed by atoms with E-state index in [-0.39, 0.29) is 12.4 Å². The topological polar surface area (TPSA) is 141 Å². The molecule has 1 aromatic carbocycles. The molecule has 1 aliphatic heterocycles. The molecule has 6 N–H and O–H groups in total. The lowest BCUT2D eigenvalue weighted by molar-refractivity contribution is 0.00939. The molecule has 0 spiro atoms. The lowest BCUT2D eigenvalue weighted by Crippen LogP contribution is -2.59. The summed E-state index contributed by atoms with van der Waals surface area (Å²) in [6.07, 6.45) is -1.04. The second-order valence-corrected chi connectivity index (χ2v) is 9.09. The van der Waals surface area contributed by atoms with Crippen LogP contribution in [0.1, 0.15) is 40.2 Å². The fourth-order valence-corrected chi connectivity index (χ4v) is 4.00. The molecule has 26 heavy (non-hydrogen) atoms. The van der Waals surface area contributed by atoms with Crippen molar-refractivity contribution in [1.29, 1.82) is 0 Å². The number of benzene rings is 1. The van der Waals surface area contributed by atoms with Gasteiger partial charge in [0.15, 0.2) is 5.84 Å². The summed E-state index contributed by atoms with van der Waals surface area (Å²) in [4.78, 5) is 13.1. The average molecular weight is 386 g/mol. The Labute approximate surface area is 154 Å². The third kappa shape index (κ3) is 4.14. The van der Waals surface area contributed by atoms with Gasteiger partial charge in [-0.25, -0.2) is 4.79 Å². The van der Waals surface area contributed by atoms with E-state index in [1.54, 1.807) is 32.0 Å². The Morgan fingerprint density at radius 3 is 2.46 bits per heavy atom. The largest absolute Gasteiger partial charge is 0.490 e. The Hall–Kier alpha value is -2.17. The molecule has 0 saturated heterocycles. The van der Waals surface area contributed by atoms with Crippen molar-refractivity contribution in [3.63, 3.8) is 0 Å². The molecule has 0 aliphatic carbocycles. The SMILES string of the molecule is CC(C)(C)N(C(=O)O)C(C)(C)COc1cccc2c1C(N)=NS(O)(O)N2. The van der Waals surface area contributed by atoms with E-state index in [4.69, 9.17) is 10.5 Å². The minimum Gasteiger partial charge on any atom is -0.490 e. The number of hydrogen-bond donors (Lipinski definition) is 5. The first-order chi connectivity index (χ1) is 11.7. The van der Waals surface area contributed by atoms with Gasteiger partial charge in [0, 0.05) is 5.54 Å². The molecule has 0 saturated carbocycles. The number of amidine groups is 1. The Bertz CT molecular complexity index is 743. The third-order valence-corrected chi connectivity index (χ3v) is 4.75. The highest BCUT2D eigenvalue weighted by atomic mass is 32.3. The number of carbonyl (C=O) groups is 1. The number of carboxylic acid groups (broad SMARTS) is 1. The molecule has 0 radical (unpaired) electrons. The molecule has 10 heteroatoms. The van der Waals surface area contributed by atoms with Crippen LogP contribution < -0.4 is 15.2 Å². The number of nitrogens with one attached hydrogen (secondary N) is 1. The van der Waals surface area contributed by atoms with Crippen LogP contribution in [0.3, 0.4) is 0 Å². The van der Waals surface area contributed by atoms with Crippen LogP contribution in [0.15, 0.2) is 22.6 Å². The van der Waals surface area contributed by atoms with Gasteiger partial charge in [-0.05, 0) is 57.7 Å². The number of amides is 1. The summed E-state index contributed by atoms with van der Waals surface area (Å²) in [6, 6.07) is 4.96.